The van der Waals surface area contributed by atoms with E-state index in [-0.39, 0.29) is 11.3 Å². The summed E-state index contributed by atoms with van der Waals surface area (Å²) in [6, 6.07) is 22.1. The van der Waals surface area contributed by atoms with E-state index >= 15 is 0 Å². The number of Topliss-reactive ketones (excluding diaryl/α,β-unsaturated/α-hetero) is 1. The fraction of sp³-hybridized carbons (Fsp3) is 0.267. The Bertz CT molecular complexity index is 1310. The van der Waals surface area contributed by atoms with Gasteiger partial charge in [-0.05, 0) is 47.2 Å². The van der Waals surface area contributed by atoms with E-state index in [0.717, 1.165) is 16.7 Å². The number of amides is 1. The van der Waals surface area contributed by atoms with Crippen LogP contribution in [0.1, 0.15) is 48.1 Å². The Morgan fingerprint density at radius 2 is 1.64 bits per heavy atom. The SMILES string of the molecule is CC(C)c1ccc([C@H]2C(=C(O)c3ccc4c(c3)OCCO4)C(=O)C(=O)N2CCc2ccccc2)cc1. The third-order valence-corrected chi connectivity index (χ3v) is 6.76. The molecule has 184 valence electrons. The van der Waals surface area contributed by atoms with Crippen LogP contribution in [0.3, 0.4) is 0 Å². The van der Waals surface area contributed by atoms with Crippen molar-refractivity contribution in [3.8, 4) is 11.5 Å². The lowest BCUT2D eigenvalue weighted by molar-refractivity contribution is -0.139. The minimum Gasteiger partial charge on any atom is -0.507 e. The monoisotopic (exact) mass is 483 g/mol. The Balaban J connectivity index is 1.57. The van der Waals surface area contributed by atoms with E-state index in [1.165, 1.54) is 0 Å². The Labute approximate surface area is 210 Å². The summed E-state index contributed by atoms with van der Waals surface area (Å²) in [7, 11) is 0. The van der Waals surface area contributed by atoms with Crippen LogP contribution in [0.5, 0.6) is 11.5 Å². The number of aliphatic hydroxyl groups is 1. The maximum absolute atomic E-state index is 13.3. The van der Waals surface area contributed by atoms with Gasteiger partial charge in [0.1, 0.15) is 19.0 Å². The second-order valence-corrected chi connectivity index (χ2v) is 9.41. The van der Waals surface area contributed by atoms with E-state index in [1.807, 2.05) is 54.6 Å². The summed E-state index contributed by atoms with van der Waals surface area (Å²) in [4.78, 5) is 28.1. The van der Waals surface area contributed by atoms with E-state index < -0.39 is 17.7 Å². The molecule has 0 bridgehead atoms. The summed E-state index contributed by atoms with van der Waals surface area (Å²) in [5.74, 6) is -0.0774. The molecule has 1 fully saturated rings. The molecular formula is C30H29NO5. The molecule has 2 aliphatic heterocycles. The number of rotatable bonds is 6. The summed E-state index contributed by atoms with van der Waals surface area (Å²) < 4.78 is 11.2. The largest absolute Gasteiger partial charge is 0.507 e. The topological polar surface area (TPSA) is 76.1 Å². The first-order valence-corrected chi connectivity index (χ1v) is 12.3. The summed E-state index contributed by atoms with van der Waals surface area (Å²) in [6.07, 6.45) is 0.596. The van der Waals surface area contributed by atoms with Crippen LogP contribution in [0.15, 0.2) is 78.4 Å². The quantitative estimate of drug-likeness (QED) is 0.295. The predicted molar refractivity (Wildman–Crippen MR) is 137 cm³/mol. The lowest BCUT2D eigenvalue weighted by atomic mass is 9.93. The fourth-order valence-electron chi connectivity index (χ4n) is 4.76. The van der Waals surface area contributed by atoms with Gasteiger partial charge in [0, 0.05) is 12.1 Å². The van der Waals surface area contributed by atoms with Gasteiger partial charge in [-0.25, -0.2) is 0 Å². The summed E-state index contributed by atoms with van der Waals surface area (Å²) in [5.41, 5.74) is 3.50. The number of ketones is 1. The lowest BCUT2D eigenvalue weighted by Crippen LogP contribution is -2.31. The van der Waals surface area contributed by atoms with Gasteiger partial charge in [0.15, 0.2) is 11.5 Å². The van der Waals surface area contributed by atoms with Gasteiger partial charge in [0.25, 0.3) is 11.7 Å². The minimum absolute atomic E-state index is 0.0852. The van der Waals surface area contributed by atoms with Gasteiger partial charge in [-0.2, -0.15) is 0 Å². The number of hydrogen-bond acceptors (Lipinski definition) is 5. The number of benzene rings is 3. The molecule has 3 aromatic carbocycles. The van der Waals surface area contributed by atoms with Crippen LogP contribution in [0, 0.1) is 0 Å². The molecule has 0 radical (unpaired) electrons. The first-order chi connectivity index (χ1) is 17.4. The van der Waals surface area contributed by atoms with Crippen molar-refractivity contribution in [1.82, 2.24) is 4.90 Å². The molecule has 2 aliphatic rings. The van der Waals surface area contributed by atoms with Crippen molar-refractivity contribution >= 4 is 17.4 Å². The predicted octanol–water partition coefficient (Wildman–Crippen LogP) is 5.25. The van der Waals surface area contributed by atoms with Crippen molar-refractivity contribution in [3.05, 3.63) is 101 Å². The van der Waals surface area contributed by atoms with Gasteiger partial charge < -0.3 is 19.5 Å². The average molecular weight is 484 g/mol. The number of carbonyl (C=O) groups is 2. The van der Waals surface area contributed by atoms with Crippen molar-refractivity contribution < 1.29 is 24.2 Å². The average Bonchev–Trinajstić information content (AvgIpc) is 3.16. The number of hydrogen-bond donors (Lipinski definition) is 1. The van der Waals surface area contributed by atoms with Crippen LogP contribution >= 0.6 is 0 Å². The highest BCUT2D eigenvalue weighted by Crippen LogP contribution is 2.41. The molecule has 0 aromatic heterocycles. The molecule has 0 unspecified atom stereocenters. The van der Waals surface area contributed by atoms with Gasteiger partial charge in [-0.3, -0.25) is 9.59 Å². The molecule has 0 aliphatic carbocycles. The van der Waals surface area contributed by atoms with Crippen LogP contribution in [-0.2, 0) is 16.0 Å². The highest BCUT2D eigenvalue weighted by atomic mass is 16.6. The van der Waals surface area contributed by atoms with Crippen LogP contribution in [0.4, 0.5) is 0 Å². The highest BCUT2D eigenvalue weighted by molar-refractivity contribution is 6.46. The number of aliphatic hydroxyl groups excluding tert-OH is 1. The summed E-state index contributed by atoms with van der Waals surface area (Å²) in [6.45, 7) is 5.44. The van der Waals surface area contributed by atoms with Crippen molar-refractivity contribution in [2.75, 3.05) is 19.8 Å². The first kappa shape index (κ1) is 23.7. The molecule has 1 N–H and O–H groups in total. The maximum atomic E-state index is 13.3. The second-order valence-electron chi connectivity index (χ2n) is 9.41. The summed E-state index contributed by atoms with van der Waals surface area (Å²) >= 11 is 0. The van der Waals surface area contributed by atoms with E-state index in [2.05, 4.69) is 13.8 Å². The molecule has 1 atom stereocenters. The lowest BCUT2D eigenvalue weighted by Gasteiger charge is -2.26. The molecule has 6 heteroatoms. The van der Waals surface area contributed by atoms with Gasteiger partial charge in [0.2, 0.25) is 0 Å². The molecule has 6 nitrogen and oxygen atoms in total. The Hall–Kier alpha value is -4.06. The second kappa shape index (κ2) is 9.90. The van der Waals surface area contributed by atoms with Crippen LogP contribution in [0.2, 0.25) is 0 Å². The molecule has 1 saturated heterocycles. The molecule has 0 spiro atoms. The molecule has 3 aromatic rings. The number of ether oxygens (including phenoxy) is 2. The zero-order valence-corrected chi connectivity index (χ0v) is 20.4. The van der Waals surface area contributed by atoms with Crippen molar-refractivity contribution in [3.63, 3.8) is 0 Å². The van der Waals surface area contributed by atoms with Crippen molar-refractivity contribution in [2.24, 2.45) is 0 Å². The van der Waals surface area contributed by atoms with Crippen molar-refractivity contribution in [1.29, 1.82) is 0 Å². The van der Waals surface area contributed by atoms with Crippen LogP contribution in [-0.4, -0.2) is 41.5 Å². The van der Waals surface area contributed by atoms with E-state index in [1.54, 1.807) is 23.1 Å². The van der Waals surface area contributed by atoms with E-state index in [4.69, 9.17) is 9.47 Å². The molecule has 5 rings (SSSR count). The molecule has 2 heterocycles. The number of nitrogens with zero attached hydrogens (tertiary/aromatic N) is 1. The Morgan fingerprint density at radius 3 is 2.33 bits per heavy atom. The zero-order chi connectivity index (χ0) is 25.2. The summed E-state index contributed by atoms with van der Waals surface area (Å²) in [5, 5.41) is 11.4. The van der Waals surface area contributed by atoms with Gasteiger partial charge in [0.05, 0.1) is 11.6 Å². The third-order valence-electron chi connectivity index (χ3n) is 6.76. The molecule has 1 amide bonds. The Morgan fingerprint density at radius 1 is 0.944 bits per heavy atom. The number of fused-ring (bicyclic) bond motifs is 1. The molecule has 36 heavy (non-hydrogen) atoms. The van der Waals surface area contributed by atoms with E-state index in [9.17, 15) is 14.7 Å². The standard InChI is InChI=1S/C30H29NO5/c1-19(2)21-8-10-22(11-9-21)27-26(28(32)23-12-13-24-25(18-23)36-17-16-35-24)29(33)30(34)31(27)15-14-20-6-4-3-5-7-20/h3-13,18-19,27,32H,14-17H2,1-2H3/t27-/m0/s1. The van der Waals surface area contributed by atoms with Crippen molar-refractivity contribution in [2.45, 2.75) is 32.2 Å². The zero-order valence-electron chi connectivity index (χ0n) is 20.4. The normalized spacial score (nSPS) is 18.6. The first-order valence-electron chi connectivity index (χ1n) is 12.3. The maximum Gasteiger partial charge on any atom is 0.295 e. The van der Waals surface area contributed by atoms with Gasteiger partial charge in [-0.15, -0.1) is 0 Å². The smallest absolute Gasteiger partial charge is 0.295 e. The van der Waals surface area contributed by atoms with Crippen LogP contribution in [0.25, 0.3) is 5.76 Å². The van der Waals surface area contributed by atoms with Gasteiger partial charge >= 0.3 is 0 Å². The van der Waals surface area contributed by atoms with Gasteiger partial charge in [-0.1, -0.05) is 68.4 Å². The van der Waals surface area contributed by atoms with E-state index in [0.29, 0.717) is 49.2 Å². The number of carbonyl (C=O) groups excluding carboxylic acids is 2. The number of likely N-dealkylation sites (tertiary alicyclic amines) is 1. The highest BCUT2D eigenvalue weighted by Gasteiger charge is 2.45. The fourth-order valence-corrected chi connectivity index (χ4v) is 4.76. The Kier molecular flexibility index (Phi) is 6.51. The minimum atomic E-state index is -0.692. The molecular weight excluding hydrogens is 454 g/mol. The van der Waals surface area contributed by atoms with Crippen LogP contribution < -0.4 is 9.47 Å². The third kappa shape index (κ3) is 4.47. The molecule has 0 saturated carbocycles.